The Morgan fingerprint density at radius 1 is 0.250 bits per heavy atom. The molecule has 0 atom stereocenters. The van der Waals surface area contributed by atoms with Crippen LogP contribution in [0.15, 0.2) is 158 Å². The van der Waals surface area contributed by atoms with Crippen molar-refractivity contribution in [2.24, 2.45) is 0 Å². The van der Waals surface area contributed by atoms with Crippen LogP contribution in [0, 0.1) is 0 Å². The Kier molecular flexibility index (Phi) is 5.24. The summed E-state index contributed by atoms with van der Waals surface area (Å²) in [7, 11) is 0. The van der Waals surface area contributed by atoms with Gasteiger partial charge in [0.15, 0.2) is 0 Å². The first-order chi connectivity index (χ1) is 19.8. The lowest BCUT2D eigenvalue weighted by molar-refractivity contribution is 1.63. The third kappa shape index (κ3) is 3.61. The number of benzene rings is 8. The normalized spacial score (nSPS) is 11.5. The van der Waals surface area contributed by atoms with Gasteiger partial charge in [-0.05, 0) is 101 Å². The van der Waals surface area contributed by atoms with E-state index in [0.717, 1.165) is 0 Å². The highest BCUT2D eigenvalue weighted by Gasteiger charge is 2.20. The predicted octanol–water partition coefficient (Wildman–Crippen LogP) is 11.3. The maximum atomic E-state index is 2.41. The van der Waals surface area contributed by atoms with Crippen LogP contribution in [0.1, 0.15) is 0 Å². The van der Waals surface area contributed by atoms with Crippen molar-refractivity contribution in [3.8, 4) is 33.4 Å². The lowest BCUT2D eigenvalue weighted by Crippen LogP contribution is -1.93. The zero-order valence-corrected chi connectivity index (χ0v) is 22.0. The SMILES string of the molecule is c1ccc(-c2cc3ccccc3cc2-c2c3ccccc3c(-c3ccccc3)c3cc4ccccc4cc23)cc1. The molecule has 186 valence electrons. The molecule has 0 saturated heterocycles. The molecule has 0 radical (unpaired) electrons. The van der Waals surface area contributed by atoms with Gasteiger partial charge in [-0.2, -0.15) is 0 Å². The molecule has 8 aromatic carbocycles. The maximum Gasteiger partial charge on any atom is -0.00197 e. The molecule has 0 heteroatoms. The monoisotopic (exact) mass is 506 g/mol. The van der Waals surface area contributed by atoms with Gasteiger partial charge in [0.25, 0.3) is 0 Å². The maximum absolute atomic E-state index is 2.41. The van der Waals surface area contributed by atoms with Crippen LogP contribution in [0.2, 0.25) is 0 Å². The molecular formula is C40H26. The molecule has 0 heterocycles. The Morgan fingerprint density at radius 2 is 0.650 bits per heavy atom. The van der Waals surface area contributed by atoms with E-state index in [2.05, 4.69) is 158 Å². The van der Waals surface area contributed by atoms with Gasteiger partial charge in [-0.15, -0.1) is 0 Å². The molecule has 0 nitrogen and oxygen atoms in total. The first kappa shape index (κ1) is 22.8. The van der Waals surface area contributed by atoms with E-state index in [4.69, 9.17) is 0 Å². The van der Waals surface area contributed by atoms with Crippen molar-refractivity contribution in [1.29, 1.82) is 0 Å². The number of fused-ring (bicyclic) bond motifs is 4. The second-order valence-electron chi connectivity index (χ2n) is 10.5. The molecule has 8 aromatic rings. The number of hydrogen-bond acceptors (Lipinski definition) is 0. The van der Waals surface area contributed by atoms with Crippen LogP contribution >= 0.6 is 0 Å². The summed E-state index contributed by atoms with van der Waals surface area (Å²) in [4.78, 5) is 0. The van der Waals surface area contributed by atoms with Crippen molar-refractivity contribution in [3.63, 3.8) is 0 Å². The number of hydrogen-bond donors (Lipinski definition) is 0. The van der Waals surface area contributed by atoms with Crippen molar-refractivity contribution in [2.75, 3.05) is 0 Å². The highest BCUT2D eigenvalue weighted by molar-refractivity contribution is 6.25. The Morgan fingerprint density at radius 3 is 1.23 bits per heavy atom. The van der Waals surface area contributed by atoms with Gasteiger partial charge in [0, 0.05) is 0 Å². The fourth-order valence-electron chi connectivity index (χ4n) is 6.37. The van der Waals surface area contributed by atoms with Gasteiger partial charge in [-0.25, -0.2) is 0 Å². The predicted molar refractivity (Wildman–Crippen MR) is 173 cm³/mol. The summed E-state index contributed by atoms with van der Waals surface area (Å²) in [5.41, 5.74) is 7.58. The van der Waals surface area contributed by atoms with Crippen LogP contribution in [0.5, 0.6) is 0 Å². The van der Waals surface area contributed by atoms with Crippen LogP contribution in [0.25, 0.3) is 76.5 Å². The largest absolute Gasteiger partial charge is 0.0622 e. The van der Waals surface area contributed by atoms with Crippen LogP contribution < -0.4 is 0 Å². The third-order valence-electron chi connectivity index (χ3n) is 8.19. The van der Waals surface area contributed by atoms with Crippen molar-refractivity contribution < 1.29 is 0 Å². The van der Waals surface area contributed by atoms with Gasteiger partial charge in [0.2, 0.25) is 0 Å². The molecule has 0 saturated carbocycles. The second kappa shape index (κ2) is 9.22. The molecule has 0 aromatic heterocycles. The fraction of sp³-hybridized carbons (Fsp3) is 0. The first-order valence-corrected chi connectivity index (χ1v) is 13.9. The Bertz CT molecular complexity index is 2190. The van der Waals surface area contributed by atoms with Crippen LogP contribution in [-0.2, 0) is 0 Å². The molecule has 40 heavy (non-hydrogen) atoms. The van der Waals surface area contributed by atoms with E-state index < -0.39 is 0 Å². The van der Waals surface area contributed by atoms with Crippen LogP contribution in [0.3, 0.4) is 0 Å². The molecule has 0 aliphatic rings. The van der Waals surface area contributed by atoms with Gasteiger partial charge < -0.3 is 0 Å². The van der Waals surface area contributed by atoms with E-state index in [9.17, 15) is 0 Å². The smallest absolute Gasteiger partial charge is 0.00197 e. The number of rotatable bonds is 3. The summed E-state index contributed by atoms with van der Waals surface area (Å²) in [6, 6.07) is 57.6. The van der Waals surface area contributed by atoms with E-state index in [1.165, 1.54) is 76.5 Å². The Balaban J connectivity index is 1.61. The van der Waals surface area contributed by atoms with Crippen molar-refractivity contribution >= 4 is 43.1 Å². The summed E-state index contributed by atoms with van der Waals surface area (Å²) in [6.07, 6.45) is 0. The molecule has 0 unspecified atom stereocenters. The van der Waals surface area contributed by atoms with Crippen molar-refractivity contribution in [2.45, 2.75) is 0 Å². The lowest BCUT2D eigenvalue weighted by atomic mass is 9.82. The fourth-order valence-corrected chi connectivity index (χ4v) is 6.37. The Hall–Kier alpha value is -5.20. The average molecular weight is 507 g/mol. The van der Waals surface area contributed by atoms with Crippen molar-refractivity contribution in [1.82, 2.24) is 0 Å². The van der Waals surface area contributed by atoms with Gasteiger partial charge in [-0.1, -0.05) is 133 Å². The topological polar surface area (TPSA) is 0 Å². The second-order valence-corrected chi connectivity index (χ2v) is 10.5. The van der Waals surface area contributed by atoms with E-state index in [1.54, 1.807) is 0 Å². The summed E-state index contributed by atoms with van der Waals surface area (Å²) in [6.45, 7) is 0. The molecule has 0 bridgehead atoms. The van der Waals surface area contributed by atoms with Gasteiger partial charge in [0.05, 0.1) is 0 Å². The van der Waals surface area contributed by atoms with E-state index in [0.29, 0.717) is 0 Å². The zero-order chi connectivity index (χ0) is 26.5. The molecule has 0 N–H and O–H groups in total. The lowest BCUT2D eigenvalue weighted by Gasteiger charge is -2.21. The molecule has 0 amide bonds. The zero-order valence-electron chi connectivity index (χ0n) is 22.0. The average Bonchev–Trinajstić information content (AvgIpc) is 3.03. The Labute approximate surface area is 233 Å². The molecular weight excluding hydrogens is 480 g/mol. The van der Waals surface area contributed by atoms with E-state index in [-0.39, 0.29) is 0 Å². The quantitative estimate of drug-likeness (QED) is 0.209. The van der Waals surface area contributed by atoms with E-state index >= 15 is 0 Å². The summed E-state index contributed by atoms with van der Waals surface area (Å²) < 4.78 is 0. The minimum absolute atomic E-state index is 1.23. The summed E-state index contributed by atoms with van der Waals surface area (Å²) in [5, 5.41) is 10.1. The molecule has 0 fully saturated rings. The first-order valence-electron chi connectivity index (χ1n) is 13.9. The standard InChI is InChI=1S/C40H26/c1-3-13-27(14-4-1)35-23-29-17-7-8-18-30(29)24-36(35)40-34-22-12-11-21-33(34)39(28-15-5-2-6-16-28)37-25-31-19-9-10-20-32(31)26-38(37)40/h1-26H. The molecule has 0 aliphatic carbocycles. The summed E-state index contributed by atoms with van der Waals surface area (Å²) in [5.74, 6) is 0. The van der Waals surface area contributed by atoms with Crippen LogP contribution in [0.4, 0.5) is 0 Å². The minimum Gasteiger partial charge on any atom is -0.0622 e. The van der Waals surface area contributed by atoms with Gasteiger partial charge in [0.1, 0.15) is 0 Å². The molecule has 0 spiro atoms. The van der Waals surface area contributed by atoms with E-state index in [1.807, 2.05) is 0 Å². The third-order valence-corrected chi connectivity index (χ3v) is 8.19. The van der Waals surface area contributed by atoms with Gasteiger partial charge >= 0.3 is 0 Å². The van der Waals surface area contributed by atoms with Crippen molar-refractivity contribution in [3.05, 3.63) is 158 Å². The highest BCUT2D eigenvalue weighted by Crippen LogP contribution is 2.47. The van der Waals surface area contributed by atoms with Crippen LogP contribution in [-0.4, -0.2) is 0 Å². The molecule has 8 rings (SSSR count). The van der Waals surface area contributed by atoms with Gasteiger partial charge in [-0.3, -0.25) is 0 Å². The summed E-state index contributed by atoms with van der Waals surface area (Å²) >= 11 is 0. The minimum atomic E-state index is 1.23. The highest BCUT2D eigenvalue weighted by atomic mass is 14.2. The molecule has 0 aliphatic heterocycles.